The lowest BCUT2D eigenvalue weighted by Gasteiger charge is -2.51. The Morgan fingerprint density at radius 3 is 2.08 bits per heavy atom. The number of carbonyl (C=O) groups excluding carboxylic acids is 2. The van der Waals surface area contributed by atoms with Crippen LogP contribution >= 0.6 is 0 Å². The van der Waals surface area contributed by atoms with Gasteiger partial charge in [-0.25, -0.2) is 0 Å². The lowest BCUT2D eigenvalue weighted by Crippen LogP contribution is -2.56. The van der Waals surface area contributed by atoms with Crippen molar-refractivity contribution in [1.29, 1.82) is 0 Å². The zero-order valence-corrected chi connectivity index (χ0v) is 22.3. The van der Waals surface area contributed by atoms with Gasteiger partial charge in [-0.1, -0.05) is 103 Å². The molecule has 1 aliphatic rings. The van der Waals surface area contributed by atoms with E-state index in [-0.39, 0.29) is 36.3 Å². The number of nitrogens with zero attached hydrogens (tertiary/aromatic N) is 1. The standard InChI is InChI=1S/C34H33NO4/c1-24(27-17-10-5-11-18-27)35-32(29(34(35)37)23-26-15-8-4-9-16-26)28-19-12-20-30(38-2)33(28)39-31(36)22-21-25-13-6-3-7-14-25/h3-20,24,29,32H,21-23H2,1-2H3/t24-,29+,32+/m0/s1. The summed E-state index contributed by atoms with van der Waals surface area (Å²) in [5.74, 6) is 0.332. The second kappa shape index (κ2) is 12.0. The summed E-state index contributed by atoms with van der Waals surface area (Å²) < 4.78 is 11.7. The summed E-state index contributed by atoms with van der Waals surface area (Å²) in [4.78, 5) is 28.7. The molecule has 198 valence electrons. The Balaban J connectivity index is 1.47. The van der Waals surface area contributed by atoms with Crippen molar-refractivity contribution in [3.63, 3.8) is 0 Å². The van der Waals surface area contributed by atoms with E-state index in [1.807, 2.05) is 115 Å². The molecule has 0 N–H and O–H groups in total. The number of hydrogen-bond acceptors (Lipinski definition) is 4. The molecule has 1 amide bonds. The molecule has 3 atom stereocenters. The Kier molecular flexibility index (Phi) is 8.07. The highest BCUT2D eigenvalue weighted by atomic mass is 16.6. The monoisotopic (exact) mass is 519 g/mol. The Morgan fingerprint density at radius 1 is 0.821 bits per heavy atom. The van der Waals surface area contributed by atoms with Crippen molar-refractivity contribution in [1.82, 2.24) is 4.90 Å². The molecule has 1 heterocycles. The first-order chi connectivity index (χ1) is 19.1. The number of methoxy groups -OCH3 is 1. The topological polar surface area (TPSA) is 55.8 Å². The molecule has 5 nitrogen and oxygen atoms in total. The highest BCUT2D eigenvalue weighted by molar-refractivity contribution is 5.88. The molecule has 5 rings (SSSR count). The average molecular weight is 520 g/mol. The zero-order valence-electron chi connectivity index (χ0n) is 22.3. The Morgan fingerprint density at radius 2 is 1.44 bits per heavy atom. The smallest absolute Gasteiger partial charge is 0.311 e. The molecule has 39 heavy (non-hydrogen) atoms. The van der Waals surface area contributed by atoms with Gasteiger partial charge in [-0.05, 0) is 42.5 Å². The zero-order chi connectivity index (χ0) is 27.2. The van der Waals surface area contributed by atoms with Crippen LogP contribution in [0.3, 0.4) is 0 Å². The SMILES string of the molecule is COc1cccc([C@@H]2[C@@H](Cc3ccccc3)C(=O)N2[C@@H](C)c2ccccc2)c1OC(=O)CCc1ccccc1. The largest absolute Gasteiger partial charge is 0.493 e. The van der Waals surface area contributed by atoms with E-state index in [9.17, 15) is 9.59 Å². The van der Waals surface area contributed by atoms with E-state index in [1.165, 1.54) is 0 Å². The van der Waals surface area contributed by atoms with Gasteiger partial charge in [-0.2, -0.15) is 0 Å². The highest BCUT2D eigenvalue weighted by Crippen LogP contribution is 2.51. The molecular formula is C34H33NO4. The van der Waals surface area contributed by atoms with Crippen LogP contribution in [0.5, 0.6) is 11.5 Å². The minimum absolute atomic E-state index is 0.0874. The first-order valence-corrected chi connectivity index (χ1v) is 13.4. The molecule has 0 aromatic heterocycles. The molecule has 1 fully saturated rings. The molecule has 4 aromatic rings. The minimum atomic E-state index is -0.336. The molecule has 1 saturated heterocycles. The van der Waals surface area contributed by atoms with Gasteiger partial charge in [0.25, 0.3) is 0 Å². The third-order valence-electron chi connectivity index (χ3n) is 7.47. The summed E-state index contributed by atoms with van der Waals surface area (Å²) in [6.45, 7) is 2.05. The molecule has 4 aromatic carbocycles. The summed E-state index contributed by atoms with van der Waals surface area (Å²) in [7, 11) is 1.57. The van der Waals surface area contributed by atoms with E-state index in [1.54, 1.807) is 13.2 Å². The van der Waals surface area contributed by atoms with Crippen LogP contribution in [0.4, 0.5) is 0 Å². The molecule has 0 radical (unpaired) electrons. The van der Waals surface area contributed by atoms with E-state index in [0.717, 1.165) is 22.3 Å². The fraction of sp³-hybridized carbons (Fsp3) is 0.235. The number of aryl methyl sites for hydroxylation is 1. The van der Waals surface area contributed by atoms with Gasteiger partial charge in [-0.15, -0.1) is 0 Å². The summed E-state index contributed by atoms with van der Waals surface area (Å²) >= 11 is 0. The fourth-order valence-electron chi connectivity index (χ4n) is 5.42. The summed E-state index contributed by atoms with van der Waals surface area (Å²) in [6.07, 6.45) is 1.42. The number of benzene rings is 4. The fourth-order valence-corrected chi connectivity index (χ4v) is 5.42. The van der Waals surface area contributed by atoms with Crippen LogP contribution in [-0.4, -0.2) is 23.9 Å². The van der Waals surface area contributed by atoms with E-state index in [0.29, 0.717) is 24.3 Å². The number of hydrogen-bond donors (Lipinski definition) is 0. The number of amides is 1. The summed E-state index contributed by atoms with van der Waals surface area (Å²) in [5.41, 5.74) is 4.01. The number of β-lactam (4-membered cyclic amide) rings is 1. The third kappa shape index (κ3) is 5.73. The number of ether oxygens (including phenoxy) is 2. The quantitative estimate of drug-likeness (QED) is 0.132. The number of rotatable bonds is 10. The van der Waals surface area contributed by atoms with Gasteiger partial charge < -0.3 is 14.4 Å². The molecule has 0 aliphatic carbocycles. The van der Waals surface area contributed by atoms with Gasteiger partial charge in [0.1, 0.15) is 0 Å². The number of likely N-dealkylation sites (tertiary alicyclic amines) is 1. The second-order valence-electron chi connectivity index (χ2n) is 9.91. The van der Waals surface area contributed by atoms with E-state index < -0.39 is 0 Å². The van der Waals surface area contributed by atoms with Crippen LogP contribution in [0.2, 0.25) is 0 Å². The minimum Gasteiger partial charge on any atom is -0.493 e. The second-order valence-corrected chi connectivity index (χ2v) is 9.91. The molecule has 0 spiro atoms. The van der Waals surface area contributed by atoms with Gasteiger partial charge in [0.05, 0.1) is 25.1 Å². The normalized spacial score (nSPS) is 17.3. The van der Waals surface area contributed by atoms with Crippen LogP contribution in [0.25, 0.3) is 0 Å². The Bertz CT molecular complexity index is 1410. The van der Waals surface area contributed by atoms with Gasteiger partial charge in [-0.3, -0.25) is 9.59 Å². The van der Waals surface area contributed by atoms with Crippen molar-refractivity contribution in [2.45, 2.75) is 38.3 Å². The predicted octanol–water partition coefficient (Wildman–Crippen LogP) is 6.74. The van der Waals surface area contributed by atoms with Gasteiger partial charge in [0.15, 0.2) is 11.5 Å². The molecule has 0 saturated carbocycles. The number of carbonyl (C=O) groups is 2. The molecule has 0 bridgehead atoms. The van der Waals surface area contributed by atoms with Crippen molar-refractivity contribution >= 4 is 11.9 Å². The van der Waals surface area contributed by atoms with Crippen LogP contribution in [0, 0.1) is 5.92 Å². The maximum absolute atomic E-state index is 13.7. The van der Waals surface area contributed by atoms with Crippen molar-refractivity contribution < 1.29 is 19.1 Å². The van der Waals surface area contributed by atoms with E-state index in [4.69, 9.17) is 9.47 Å². The molecule has 0 unspecified atom stereocenters. The Labute approximate surface area is 230 Å². The molecule has 1 aliphatic heterocycles. The van der Waals surface area contributed by atoms with Crippen LogP contribution < -0.4 is 9.47 Å². The van der Waals surface area contributed by atoms with Crippen LogP contribution in [0.15, 0.2) is 109 Å². The number of esters is 1. The maximum Gasteiger partial charge on any atom is 0.311 e. The molecule has 5 heteroatoms. The van der Waals surface area contributed by atoms with Crippen molar-refractivity contribution in [3.8, 4) is 11.5 Å². The lowest BCUT2D eigenvalue weighted by molar-refractivity contribution is -0.161. The van der Waals surface area contributed by atoms with Crippen molar-refractivity contribution in [2.24, 2.45) is 5.92 Å². The average Bonchev–Trinajstić information content (AvgIpc) is 2.99. The van der Waals surface area contributed by atoms with Gasteiger partial charge in [0, 0.05) is 12.0 Å². The number of para-hydroxylation sites is 1. The highest BCUT2D eigenvalue weighted by Gasteiger charge is 2.51. The predicted molar refractivity (Wildman–Crippen MR) is 151 cm³/mol. The van der Waals surface area contributed by atoms with Gasteiger partial charge in [0.2, 0.25) is 5.91 Å². The van der Waals surface area contributed by atoms with Crippen molar-refractivity contribution in [3.05, 3.63) is 131 Å². The lowest BCUT2D eigenvalue weighted by atomic mass is 9.76. The molecular weight excluding hydrogens is 486 g/mol. The van der Waals surface area contributed by atoms with E-state index >= 15 is 0 Å². The van der Waals surface area contributed by atoms with Crippen LogP contribution in [-0.2, 0) is 22.4 Å². The van der Waals surface area contributed by atoms with Crippen molar-refractivity contribution in [2.75, 3.05) is 7.11 Å². The first kappa shape index (κ1) is 26.2. The van der Waals surface area contributed by atoms with Gasteiger partial charge >= 0.3 is 5.97 Å². The summed E-state index contributed by atoms with van der Waals surface area (Å²) in [6, 6.07) is 35.1. The third-order valence-corrected chi connectivity index (χ3v) is 7.47. The summed E-state index contributed by atoms with van der Waals surface area (Å²) in [5, 5.41) is 0. The van der Waals surface area contributed by atoms with E-state index in [2.05, 4.69) is 0 Å². The first-order valence-electron chi connectivity index (χ1n) is 13.4. The Hall–Kier alpha value is -4.38. The maximum atomic E-state index is 13.7. The van der Waals surface area contributed by atoms with Crippen LogP contribution in [0.1, 0.15) is 47.7 Å².